The van der Waals surface area contributed by atoms with Gasteiger partial charge in [0.05, 0.1) is 11.8 Å². The molecule has 2 amide bonds. The number of likely N-dealkylation sites (tertiary alicyclic amines) is 1. The van der Waals surface area contributed by atoms with Crippen molar-refractivity contribution in [3.63, 3.8) is 0 Å². The van der Waals surface area contributed by atoms with Crippen molar-refractivity contribution in [1.82, 2.24) is 10.2 Å². The topological polar surface area (TPSA) is 49.4 Å². The lowest BCUT2D eigenvalue weighted by atomic mass is 10.1. The third-order valence-electron chi connectivity index (χ3n) is 4.74. The molecule has 1 aromatic carbocycles. The Labute approximate surface area is 136 Å². The quantitative estimate of drug-likeness (QED) is 0.904. The van der Waals surface area contributed by atoms with Crippen molar-refractivity contribution in [1.29, 1.82) is 0 Å². The van der Waals surface area contributed by atoms with E-state index in [1.165, 1.54) is 18.6 Å². The van der Waals surface area contributed by atoms with Gasteiger partial charge in [-0.15, -0.1) is 0 Å². The maximum Gasteiger partial charge on any atom is 0.226 e. The highest BCUT2D eigenvalue weighted by Gasteiger charge is 2.49. The van der Waals surface area contributed by atoms with E-state index < -0.39 is 0 Å². The van der Waals surface area contributed by atoms with E-state index in [4.69, 9.17) is 0 Å². The van der Waals surface area contributed by atoms with Gasteiger partial charge >= 0.3 is 0 Å². The molecule has 1 saturated heterocycles. The summed E-state index contributed by atoms with van der Waals surface area (Å²) in [5, 5.41) is 2.89. The van der Waals surface area contributed by atoms with Crippen molar-refractivity contribution in [2.24, 2.45) is 11.8 Å². The van der Waals surface area contributed by atoms with Crippen molar-refractivity contribution in [3.8, 4) is 0 Å². The second-order valence-electron chi connectivity index (χ2n) is 6.50. The molecule has 5 heteroatoms. The van der Waals surface area contributed by atoms with Gasteiger partial charge in [0.1, 0.15) is 5.82 Å². The zero-order valence-electron chi connectivity index (χ0n) is 13.3. The molecule has 0 bridgehead atoms. The maximum absolute atomic E-state index is 12.8. The largest absolute Gasteiger partial charge is 0.356 e. The molecule has 1 aromatic rings. The molecule has 3 rings (SSSR count). The zero-order valence-corrected chi connectivity index (χ0v) is 13.3. The minimum atomic E-state index is -0.255. The molecule has 0 spiro atoms. The van der Waals surface area contributed by atoms with Crippen LogP contribution in [-0.4, -0.2) is 36.3 Å². The average molecular weight is 318 g/mol. The summed E-state index contributed by atoms with van der Waals surface area (Å²) >= 11 is 0. The number of hydrogen-bond acceptors (Lipinski definition) is 2. The summed E-state index contributed by atoms with van der Waals surface area (Å²) in [5.41, 5.74) is 0.989. The van der Waals surface area contributed by atoms with E-state index in [2.05, 4.69) is 5.32 Å². The number of benzene rings is 1. The number of hydrogen-bond donors (Lipinski definition) is 1. The monoisotopic (exact) mass is 318 g/mol. The highest BCUT2D eigenvalue weighted by atomic mass is 19.1. The molecule has 2 unspecified atom stereocenters. The fraction of sp³-hybridized carbons (Fsp3) is 0.556. The van der Waals surface area contributed by atoms with Crippen LogP contribution in [0.5, 0.6) is 0 Å². The zero-order chi connectivity index (χ0) is 16.2. The molecular weight excluding hydrogens is 295 g/mol. The molecule has 1 heterocycles. The third kappa shape index (κ3) is 4.09. The summed E-state index contributed by atoms with van der Waals surface area (Å²) in [6.45, 7) is 2.20. The van der Waals surface area contributed by atoms with Gasteiger partial charge in [0.25, 0.3) is 0 Å². The van der Waals surface area contributed by atoms with Crippen LogP contribution in [0.3, 0.4) is 0 Å². The Morgan fingerprint density at radius 1 is 1.09 bits per heavy atom. The molecule has 2 atom stereocenters. The number of halogens is 1. The second kappa shape index (κ2) is 7.11. The molecule has 124 valence electrons. The number of carbonyl (C=O) groups is 2. The van der Waals surface area contributed by atoms with E-state index in [0.29, 0.717) is 19.4 Å². The lowest BCUT2D eigenvalue weighted by molar-refractivity contribution is -0.135. The molecule has 1 aliphatic heterocycles. The predicted molar refractivity (Wildman–Crippen MR) is 85.1 cm³/mol. The smallest absolute Gasteiger partial charge is 0.226 e. The van der Waals surface area contributed by atoms with Gasteiger partial charge in [-0.05, 0) is 49.8 Å². The molecule has 4 nitrogen and oxygen atoms in total. The van der Waals surface area contributed by atoms with E-state index >= 15 is 0 Å². The number of rotatable bonds is 5. The van der Waals surface area contributed by atoms with Crippen LogP contribution in [0.4, 0.5) is 4.39 Å². The van der Waals surface area contributed by atoms with Crippen molar-refractivity contribution < 1.29 is 14.0 Å². The Morgan fingerprint density at radius 3 is 2.48 bits per heavy atom. The summed E-state index contributed by atoms with van der Waals surface area (Å²) < 4.78 is 12.8. The SMILES string of the molecule is O=C(NCCc1ccc(F)cc1)C1CC1C(=O)N1CCCCC1. The maximum atomic E-state index is 12.8. The summed E-state index contributed by atoms with van der Waals surface area (Å²) in [4.78, 5) is 26.3. The van der Waals surface area contributed by atoms with Gasteiger partial charge in [-0.2, -0.15) is 0 Å². The lowest BCUT2D eigenvalue weighted by Gasteiger charge is -2.26. The van der Waals surface area contributed by atoms with Crippen molar-refractivity contribution in [2.45, 2.75) is 32.1 Å². The van der Waals surface area contributed by atoms with Crippen molar-refractivity contribution in [3.05, 3.63) is 35.6 Å². The fourth-order valence-corrected chi connectivity index (χ4v) is 3.22. The Morgan fingerprint density at radius 2 is 1.78 bits per heavy atom. The predicted octanol–water partition coefficient (Wildman–Crippen LogP) is 2.13. The van der Waals surface area contributed by atoms with Crippen LogP contribution in [0.25, 0.3) is 0 Å². The first-order valence-corrected chi connectivity index (χ1v) is 8.46. The Hall–Kier alpha value is -1.91. The summed E-state index contributed by atoms with van der Waals surface area (Å²) in [5.74, 6) is -0.391. The van der Waals surface area contributed by atoms with Crippen LogP contribution in [0.15, 0.2) is 24.3 Å². The first-order chi connectivity index (χ1) is 11.1. The number of carbonyl (C=O) groups excluding carboxylic acids is 2. The molecule has 23 heavy (non-hydrogen) atoms. The molecule has 0 aromatic heterocycles. The molecule has 1 N–H and O–H groups in total. The number of amides is 2. The Kier molecular flexibility index (Phi) is 4.94. The molecule has 2 aliphatic rings. The van der Waals surface area contributed by atoms with E-state index in [9.17, 15) is 14.0 Å². The normalized spacial score (nSPS) is 23.4. The van der Waals surface area contributed by atoms with Crippen LogP contribution in [0.2, 0.25) is 0 Å². The standard InChI is InChI=1S/C18H23FN2O2/c19-14-6-4-13(5-7-14)8-9-20-17(22)15-12-16(15)18(23)21-10-2-1-3-11-21/h4-7,15-16H,1-3,8-12H2,(H,20,22). The van der Waals surface area contributed by atoms with Crippen molar-refractivity contribution in [2.75, 3.05) is 19.6 Å². The van der Waals surface area contributed by atoms with Crippen LogP contribution in [0.1, 0.15) is 31.2 Å². The highest BCUT2D eigenvalue weighted by molar-refractivity contribution is 5.92. The second-order valence-corrected chi connectivity index (χ2v) is 6.50. The van der Waals surface area contributed by atoms with Gasteiger partial charge in [0.2, 0.25) is 11.8 Å². The molecular formula is C18H23FN2O2. The Bertz CT molecular complexity index is 567. The minimum Gasteiger partial charge on any atom is -0.356 e. The first kappa shape index (κ1) is 16.0. The highest BCUT2D eigenvalue weighted by Crippen LogP contribution is 2.40. The number of nitrogens with zero attached hydrogens (tertiary/aromatic N) is 1. The lowest BCUT2D eigenvalue weighted by Crippen LogP contribution is -2.38. The minimum absolute atomic E-state index is 0.0255. The molecule has 2 fully saturated rings. The Balaban J connectivity index is 1.39. The van der Waals surface area contributed by atoms with Gasteiger partial charge in [-0.3, -0.25) is 9.59 Å². The summed E-state index contributed by atoms with van der Waals surface area (Å²) in [6.07, 6.45) is 4.70. The summed E-state index contributed by atoms with van der Waals surface area (Å²) in [7, 11) is 0. The van der Waals surface area contributed by atoms with Crippen LogP contribution in [-0.2, 0) is 16.0 Å². The van der Waals surface area contributed by atoms with Crippen LogP contribution >= 0.6 is 0 Å². The fourth-order valence-electron chi connectivity index (χ4n) is 3.22. The summed E-state index contributed by atoms with van der Waals surface area (Å²) in [6, 6.07) is 6.29. The van der Waals surface area contributed by atoms with Gasteiger partial charge < -0.3 is 10.2 Å². The number of nitrogens with one attached hydrogen (secondary N) is 1. The van der Waals surface area contributed by atoms with Gasteiger partial charge in [-0.25, -0.2) is 4.39 Å². The first-order valence-electron chi connectivity index (χ1n) is 8.46. The van der Waals surface area contributed by atoms with Crippen molar-refractivity contribution >= 4 is 11.8 Å². The van der Waals surface area contributed by atoms with Crippen LogP contribution < -0.4 is 5.32 Å². The van der Waals surface area contributed by atoms with Gasteiger partial charge in [0.15, 0.2) is 0 Å². The third-order valence-corrected chi connectivity index (χ3v) is 4.74. The van der Waals surface area contributed by atoms with E-state index in [1.807, 2.05) is 4.90 Å². The van der Waals surface area contributed by atoms with Gasteiger partial charge in [-0.1, -0.05) is 12.1 Å². The molecule has 1 saturated carbocycles. The van der Waals surface area contributed by atoms with E-state index in [1.54, 1.807) is 12.1 Å². The van der Waals surface area contributed by atoms with E-state index in [0.717, 1.165) is 31.5 Å². The number of piperidine rings is 1. The van der Waals surface area contributed by atoms with Crippen LogP contribution in [0, 0.1) is 17.7 Å². The molecule has 0 radical (unpaired) electrons. The average Bonchev–Trinajstić information content (AvgIpc) is 3.37. The van der Waals surface area contributed by atoms with Gasteiger partial charge in [0, 0.05) is 19.6 Å². The van der Waals surface area contributed by atoms with E-state index in [-0.39, 0.29) is 29.5 Å². The molecule has 1 aliphatic carbocycles.